The first-order chi connectivity index (χ1) is 11.1. The first kappa shape index (κ1) is 15.5. The summed E-state index contributed by atoms with van der Waals surface area (Å²) in [5, 5.41) is 2.87. The van der Waals surface area contributed by atoms with Gasteiger partial charge in [-0.05, 0) is 48.6 Å². The van der Waals surface area contributed by atoms with Gasteiger partial charge in [-0.25, -0.2) is 8.78 Å². The van der Waals surface area contributed by atoms with Crippen LogP contribution in [0.3, 0.4) is 0 Å². The van der Waals surface area contributed by atoms with E-state index in [-0.39, 0.29) is 11.6 Å². The Morgan fingerprint density at radius 2 is 1.87 bits per heavy atom. The van der Waals surface area contributed by atoms with Crippen molar-refractivity contribution in [1.29, 1.82) is 0 Å². The lowest BCUT2D eigenvalue weighted by molar-refractivity contribution is 0.0927. The van der Waals surface area contributed by atoms with E-state index in [0.29, 0.717) is 12.0 Å². The maximum atomic E-state index is 13.8. The summed E-state index contributed by atoms with van der Waals surface area (Å²) in [4.78, 5) is 12.3. The lowest BCUT2D eigenvalue weighted by Gasteiger charge is -2.19. The monoisotopic (exact) mass is 317 g/mol. The molecular weight excluding hydrogens is 300 g/mol. The van der Waals surface area contributed by atoms with Crippen molar-refractivity contribution in [2.45, 2.75) is 18.9 Å². The molecule has 0 heterocycles. The average Bonchev–Trinajstić information content (AvgIpc) is 3.37. The Hall–Kier alpha value is -2.43. The quantitative estimate of drug-likeness (QED) is 0.909. The van der Waals surface area contributed by atoms with E-state index in [1.807, 2.05) is 24.3 Å². The van der Waals surface area contributed by atoms with Crippen LogP contribution in [-0.2, 0) is 0 Å². The van der Waals surface area contributed by atoms with Gasteiger partial charge in [0.2, 0.25) is 0 Å². The topological polar surface area (TPSA) is 38.3 Å². The Morgan fingerprint density at radius 1 is 1.17 bits per heavy atom. The van der Waals surface area contributed by atoms with Gasteiger partial charge in [0.05, 0.1) is 18.7 Å². The molecule has 1 N–H and O–H groups in total. The van der Waals surface area contributed by atoms with Gasteiger partial charge < -0.3 is 10.1 Å². The normalized spacial score (nSPS) is 15.1. The fourth-order valence-corrected chi connectivity index (χ4v) is 2.61. The second kappa shape index (κ2) is 6.36. The van der Waals surface area contributed by atoms with Crippen LogP contribution in [0, 0.1) is 17.6 Å². The highest BCUT2D eigenvalue weighted by molar-refractivity contribution is 5.94. The number of nitrogens with one attached hydrogen (secondary N) is 1. The highest BCUT2D eigenvalue weighted by Gasteiger charge is 2.34. The van der Waals surface area contributed by atoms with Gasteiger partial charge in [0.1, 0.15) is 17.4 Å². The Kier molecular flexibility index (Phi) is 4.28. The number of hydrogen-bond donors (Lipinski definition) is 1. The van der Waals surface area contributed by atoms with Crippen molar-refractivity contribution in [1.82, 2.24) is 5.32 Å². The maximum absolute atomic E-state index is 13.8. The van der Waals surface area contributed by atoms with Gasteiger partial charge in [-0.1, -0.05) is 12.1 Å². The van der Waals surface area contributed by atoms with E-state index in [9.17, 15) is 13.6 Å². The van der Waals surface area contributed by atoms with Crippen molar-refractivity contribution in [2.75, 3.05) is 7.11 Å². The zero-order valence-electron chi connectivity index (χ0n) is 12.7. The standard InChI is InChI=1S/C18H17F2NO2/c1-23-14-7-4-12(5-8-14)17(11-2-3-11)21-18(22)15-9-6-13(19)10-16(15)20/h4-11,17H,2-3H2,1H3,(H,21,22). The van der Waals surface area contributed by atoms with Gasteiger partial charge in [0.15, 0.2) is 0 Å². The summed E-state index contributed by atoms with van der Waals surface area (Å²) in [5.41, 5.74) is 0.801. The highest BCUT2D eigenvalue weighted by Crippen LogP contribution is 2.41. The Bertz CT molecular complexity index is 711. The van der Waals surface area contributed by atoms with Crippen molar-refractivity contribution in [3.63, 3.8) is 0 Å². The lowest BCUT2D eigenvalue weighted by atomic mass is 10.0. The molecule has 1 amide bonds. The van der Waals surface area contributed by atoms with E-state index in [1.165, 1.54) is 0 Å². The van der Waals surface area contributed by atoms with Crippen LogP contribution in [-0.4, -0.2) is 13.0 Å². The first-order valence-corrected chi connectivity index (χ1v) is 7.48. The van der Waals surface area contributed by atoms with Crippen molar-refractivity contribution in [3.8, 4) is 5.75 Å². The van der Waals surface area contributed by atoms with Gasteiger partial charge in [-0.2, -0.15) is 0 Å². The molecule has 1 atom stereocenters. The minimum Gasteiger partial charge on any atom is -0.497 e. The van der Waals surface area contributed by atoms with E-state index in [0.717, 1.165) is 36.3 Å². The van der Waals surface area contributed by atoms with Crippen LogP contribution in [0.2, 0.25) is 0 Å². The van der Waals surface area contributed by atoms with Crippen LogP contribution in [0.15, 0.2) is 42.5 Å². The fraction of sp³-hybridized carbons (Fsp3) is 0.278. The number of methoxy groups -OCH3 is 1. The van der Waals surface area contributed by atoms with Crippen molar-refractivity contribution in [2.24, 2.45) is 5.92 Å². The molecule has 0 bridgehead atoms. The van der Waals surface area contributed by atoms with Crippen LogP contribution >= 0.6 is 0 Å². The van der Waals surface area contributed by atoms with Crippen LogP contribution in [0.5, 0.6) is 5.75 Å². The summed E-state index contributed by atoms with van der Waals surface area (Å²) in [7, 11) is 1.59. The lowest BCUT2D eigenvalue weighted by Crippen LogP contribution is -2.30. The summed E-state index contributed by atoms with van der Waals surface area (Å²) in [5.74, 6) is -1.01. The molecule has 3 rings (SSSR count). The molecule has 1 unspecified atom stereocenters. The largest absolute Gasteiger partial charge is 0.497 e. The number of ether oxygens (including phenoxy) is 1. The van der Waals surface area contributed by atoms with Crippen LogP contribution in [0.1, 0.15) is 34.8 Å². The molecular formula is C18H17F2NO2. The van der Waals surface area contributed by atoms with Crippen LogP contribution in [0.25, 0.3) is 0 Å². The number of halogens is 2. The molecule has 5 heteroatoms. The molecule has 0 aliphatic heterocycles. The number of rotatable bonds is 5. The van der Waals surface area contributed by atoms with E-state index in [4.69, 9.17) is 4.74 Å². The third kappa shape index (κ3) is 3.50. The van der Waals surface area contributed by atoms with Crippen molar-refractivity contribution < 1.29 is 18.3 Å². The van der Waals surface area contributed by atoms with E-state index in [1.54, 1.807) is 7.11 Å². The summed E-state index contributed by atoms with van der Waals surface area (Å²) < 4.78 is 31.8. The summed E-state index contributed by atoms with van der Waals surface area (Å²) in [6.45, 7) is 0. The Balaban J connectivity index is 1.80. The molecule has 0 spiro atoms. The number of amides is 1. The third-order valence-corrected chi connectivity index (χ3v) is 4.03. The van der Waals surface area contributed by atoms with E-state index >= 15 is 0 Å². The third-order valence-electron chi connectivity index (χ3n) is 4.03. The molecule has 2 aromatic carbocycles. The molecule has 2 aromatic rings. The van der Waals surface area contributed by atoms with Crippen molar-refractivity contribution >= 4 is 5.91 Å². The predicted octanol–water partition coefficient (Wildman–Crippen LogP) is 3.85. The second-order valence-corrected chi connectivity index (χ2v) is 5.69. The minimum atomic E-state index is -0.855. The Morgan fingerprint density at radius 3 is 2.43 bits per heavy atom. The van der Waals surface area contributed by atoms with E-state index < -0.39 is 17.5 Å². The molecule has 120 valence electrons. The molecule has 1 aliphatic rings. The summed E-state index contributed by atoms with van der Waals surface area (Å²) in [6.07, 6.45) is 2.03. The molecule has 3 nitrogen and oxygen atoms in total. The first-order valence-electron chi connectivity index (χ1n) is 7.48. The predicted molar refractivity (Wildman–Crippen MR) is 82.3 cm³/mol. The van der Waals surface area contributed by atoms with Crippen LogP contribution < -0.4 is 10.1 Å². The van der Waals surface area contributed by atoms with E-state index in [2.05, 4.69) is 5.32 Å². The van der Waals surface area contributed by atoms with Crippen molar-refractivity contribution in [3.05, 3.63) is 65.2 Å². The smallest absolute Gasteiger partial charge is 0.254 e. The second-order valence-electron chi connectivity index (χ2n) is 5.69. The average molecular weight is 317 g/mol. The number of benzene rings is 2. The fourth-order valence-electron chi connectivity index (χ4n) is 2.61. The molecule has 1 saturated carbocycles. The number of carbonyl (C=O) groups is 1. The molecule has 23 heavy (non-hydrogen) atoms. The molecule has 1 fully saturated rings. The van der Waals surface area contributed by atoms with Gasteiger partial charge in [-0.3, -0.25) is 4.79 Å². The highest BCUT2D eigenvalue weighted by atomic mass is 19.1. The molecule has 0 saturated heterocycles. The summed E-state index contributed by atoms with van der Waals surface area (Å²) in [6, 6.07) is 10.2. The van der Waals surface area contributed by atoms with Gasteiger partial charge in [0, 0.05) is 6.07 Å². The summed E-state index contributed by atoms with van der Waals surface area (Å²) >= 11 is 0. The zero-order chi connectivity index (χ0) is 16.4. The number of hydrogen-bond acceptors (Lipinski definition) is 2. The van der Waals surface area contributed by atoms with Gasteiger partial charge in [-0.15, -0.1) is 0 Å². The maximum Gasteiger partial charge on any atom is 0.254 e. The van der Waals surface area contributed by atoms with Crippen LogP contribution in [0.4, 0.5) is 8.78 Å². The molecule has 0 aromatic heterocycles. The van der Waals surface area contributed by atoms with Gasteiger partial charge >= 0.3 is 0 Å². The SMILES string of the molecule is COc1ccc(C(NC(=O)c2ccc(F)cc2F)C2CC2)cc1. The number of carbonyl (C=O) groups excluding carboxylic acids is 1. The molecule has 1 aliphatic carbocycles. The minimum absolute atomic E-state index is 0.148. The Labute approximate surface area is 133 Å². The molecule has 0 radical (unpaired) electrons. The van der Waals surface area contributed by atoms with Gasteiger partial charge in [0.25, 0.3) is 5.91 Å². The zero-order valence-corrected chi connectivity index (χ0v) is 12.7.